The maximum absolute atomic E-state index is 11.7. The summed E-state index contributed by atoms with van der Waals surface area (Å²) >= 11 is 0. The third kappa shape index (κ3) is 5.95. The number of carbonyl (C=O) groups is 3. The number of alkyl carbamates (subject to hydrolysis) is 1. The number of ether oxygens (including phenoxy) is 2. The molecule has 0 aromatic heterocycles. The van der Waals surface area contributed by atoms with E-state index in [0.717, 1.165) is 12.7 Å². The normalized spacial score (nSPS) is 12.7. The molecular formula is C15H20N2O6. The van der Waals surface area contributed by atoms with Crippen LogP contribution in [0.2, 0.25) is 0 Å². The van der Waals surface area contributed by atoms with E-state index in [2.05, 4.69) is 15.4 Å². The monoisotopic (exact) mass is 324 g/mol. The molecule has 3 N–H and O–H groups in total. The van der Waals surface area contributed by atoms with Gasteiger partial charge in [-0.05, 0) is 12.5 Å². The number of aliphatic hydroxyl groups excluding tert-OH is 1. The number of hydrogen-bond acceptors (Lipinski definition) is 6. The van der Waals surface area contributed by atoms with Crippen molar-refractivity contribution in [2.24, 2.45) is 0 Å². The molecule has 2 amide bonds. The quantitative estimate of drug-likeness (QED) is 0.606. The van der Waals surface area contributed by atoms with Crippen LogP contribution in [0.25, 0.3) is 0 Å². The number of carbonyl (C=O) groups excluding carboxylic acids is 3. The van der Waals surface area contributed by atoms with Gasteiger partial charge in [-0.3, -0.25) is 4.79 Å². The van der Waals surface area contributed by atoms with Gasteiger partial charge in [-0.25, -0.2) is 9.59 Å². The van der Waals surface area contributed by atoms with Gasteiger partial charge in [0.25, 0.3) is 0 Å². The number of methoxy groups -OCH3 is 1. The minimum Gasteiger partial charge on any atom is -0.467 e. The molecule has 0 aliphatic carbocycles. The Morgan fingerprint density at radius 2 is 1.87 bits per heavy atom. The number of nitrogens with one attached hydrogen (secondary N) is 2. The van der Waals surface area contributed by atoms with Crippen molar-refractivity contribution in [3.8, 4) is 0 Å². The molecule has 0 bridgehead atoms. The van der Waals surface area contributed by atoms with Crippen molar-refractivity contribution in [1.29, 1.82) is 0 Å². The van der Waals surface area contributed by atoms with Gasteiger partial charge in [-0.1, -0.05) is 30.3 Å². The van der Waals surface area contributed by atoms with Gasteiger partial charge < -0.3 is 25.2 Å². The molecule has 0 aliphatic rings. The van der Waals surface area contributed by atoms with Gasteiger partial charge in [-0.15, -0.1) is 0 Å². The molecule has 23 heavy (non-hydrogen) atoms. The molecule has 1 rings (SSSR count). The van der Waals surface area contributed by atoms with Crippen LogP contribution in [0.4, 0.5) is 4.79 Å². The van der Waals surface area contributed by atoms with Gasteiger partial charge in [0, 0.05) is 0 Å². The standard InChI is InChI=1S/C15H20N2O6/c1-15(10-18,13(20)22-2)17-12(19)8-16-14(21)23-9-11-6-4-3-5-7-11/h3-7,18H,8-10H2,1-2H3,(H,16,21)(H,17,19)/t15-/m0/s1. The van der Waals surface area contributed by atoms with E-state index in [1.165, 1.54) is 6.92 Å². The molecule has 0 saturated carbocycles. The molecule has 126 valence electrons. The summed E-state index contributed by atoms with van der Waals surface area (Å²) in [4.78, 5) is 34.7. The van der Waals surface area contributed by atoms with E-state index in [1.807, 2.05) is 18.2 Å². The Morgan fingerprint density at radius 3 is 2.43 bits per heavy atom. The third-order valence-corrected chi connectivity index (χ3v) is 2.97. The van der Waals surface area contributed by atoms with Crippen molar-refractivity contribution in [3.63, 3.8) is 0 Å². The molecule has 0 saturated heterocycles. The lowest BCUT2D eigenvalue weighted by Crippen LogP contribution is -2.57. The average molecular weight is 324 g/mol. The Bertz CT molecular complexity index is 548. The molecule has 1 aromatic rings. The highest BCUT2D eigenvalue weighted by atomic mass is 16.5. The van der Waals surface area contributed by atoms with Crippen molar-refractivity contribution in [1.82, 2.24) is 10.6 Å². The molecule has 0 radical (unpaired) electrons. The van der Waals surface area contributed by atoms with E-state index in [-0.39, 0.29) is 6.61 Å². The predicted molar refractivity (Wildman–Crippen MR) is 80.3 cm³/mol. The minimum absolute atomic E-state index is 0.0742. The molecule has 1 aromatic carbocycles. The van der Waals surface area contributed by atoms with Crippen LogP contribution in [0.3, 0.4) is 0 Å². The number of aliphatic hydroxyl groups is 1. The summed E-state index contributed by atoms with van der Waals surface area (Å²) in [6, 6.07) is 9.05. The predicted octanol–water partition coefficient (Wildman–Crippen LogP) is -0.0470. The second kappa shape index (κ2) is 8.74. The zero-order valence-electron chi connectivity index (χ0n) is 13.0. The lowest BCUT2D eigenvalue weighted by molar-refractivity contribution is -0.151. The zero-order valence-corrected chi connectivity index (χ0v) is 13.0. The van der Waals surface area contributed by atoms with E-state index in [4.69, 9.17) is 4.74 Å². The minimum atomic E-state index is -1.57. The maximum atomic E-state index is 11.7. The lowest BCUT2D eigenvalue weighted by Gasteiger charge is -2.25. The SMILES string of the molecule is COC(=O)[C@](C)(CO)NC(=O)CNC(=O)OCc1ccccc1. The summed E-state index contributed by atoms with van der Waals surface area (Å²) in [5.74, 6) is -1.45. The molecule has 0 heterocycles. The van der Waals surface area contributed by atoms with Crippen molar-refractivity contribution in [2.75, 3.05) is 20.3 Å². The average Bonchev–Trinajstić information content (AvgIpc) is 2.58. The van der Waals surface area contributed by atoms with Gasteiger partial charge in [-0.2, -0.15) is 0 Å². The van der Waals surface area contributed by atoms with Crippen molar-refractivity contribution >= 4 is 18.0 Å². The Kier molecular flexibility index (Phi) is 7.01. The van der Waals surface area contributed by atoms with Crippen LogP contribution in [0.1, 0.15) is 12.5 Å². The maximum Gasteiger partial charge on any atom is 0.407 e. The first-order valence-corrected chi connectivity index (χ1v) is 6.86. The van der Waals surface area contributed by atoms with Crippen molar-refractivity contribution < 1.29 is 29.0 Å². The van der Waals surface area contributed by atoms with Crippen LogP contribution in [-0.4, -0.2) is 48.9 Å². The fourth-order valence-electron chi connectivity index (χ4n) is 1.66. The Hall–Kier alpha value is -2.61. The zero-order chi connectivity index (χ0) is 17.3. The molecule has 0 aliphatic heterocycles. The van der Waals surface area contributed by atoms with Crippen LogP contribution >= 0.6 is 0 Å². The number of amides is 2. The van der Waals surface area contributed by atoms with E-state index in [1.54, 1.807) is 12.1 Å². The summed E-state index contributed by atoms with van der Waals surface area (Å²) in [5.41, 5.74) is -0.757. The van der Waals surface area contributed by atoms with Gasteiger partial charge in [0.2, 0.25) is 5.91 Å². The molecule has 0 fully saturated rings. The second-order valence-corrected chi connectivity index (χ2v) is 4.95. The first-order valence-electron chi connectivity index (χ1n) is 6.86. The number of hydrogen-bond donors (Lipinski definition) is 3. The summed E-state index contributed by atoms with van der Waals surface area (Å²) < 4.78 is 9.43. The molecular weight excluding hydrogens is 304 g/mol. The van der Waals surface area contributed by atoms with Crippen LogP contribution in [-0.2, 0) is 25.7 Å². The second-order valence-electron chi connectivity index (χ2n) is 4.95. The molecule has 0 spiro atoms. The van der Waals surface area contributed by atoms with Gasteiger partial charge in [0.1, 0.15) is 13.2 Å². The Labute approximate surface area is 133 Å². The topological polar surface area (TPSA) is 114 Å². The third-order valence-electron chi connectivity index (χ3n) is 2.97. The summed E-state index contributed by atoms with van der Waals surface area (Å²) in [6.07, 6.45) is -0.771. The highest BCUT2D eigenvalue weighted by Gasteiger charge is 2.35. The fourth-order valence-corrected chi connectivity index (χ4v) is 1.66. The largest absolute Gasteiger partial charge is 0.467 e. The Morgan fingerprint density at radius 1 is 1.22 bits per heavy atom. The van der Waals surface area contributed by atoms with Crippen LogP contribution in [0, 0.1) is 0 Å². The molecule has 8 heteroatoms. The first kappa shape index (κ1) is 18.4. The van der Waals surface area contributed by atoms with E-state index < -0.39 is 36.7 Å². The van der Waals surface area contributed by atoms with Crippen LogP contribution in [0.5, 0.6) is 0 Å². The molecule has 0 unspecified atom stereocenters. The van der Waals surface area contributed by atoms with Gasteiger partial charge in [0.15, 0.2) is 5.54 Å². The van der Waals surface area contributed by atoms with Gasteiger partial charge >= 0.3 is 12.1 Å². The van der Waals surface area contributed by atoms with Gasteiger partial charge in [0.05, 0.1) is 13.7 Å². The number of rotatable bonds is 7. The highest BCUT2D eigenvalue weighted by molar-refractivity contribution is 5.89. The van der Waals surface area contributed by atoms with Crippen LogP contribution < -0.4 is 10.6 Å². The fraction of sp³-hybridized carbons (Fsp3) is 0.400. The van der Waals surface area contributed by atoms with Crippen molar-refractivity contribution in [3.05, 3.63) is 35.9 Å². The lowest BCUT2D eigenvalue weighted by atomic mass is 10.0. The number of esters is 1. The van der Waals surface area contributed by atoms with E-state index >= 15 is 0 Å². The molecule has 1 atom stereocenters. The first-order chi connectivity index (χ1) is 10.9. The smallest absolute Gasteiger partial charge is 0.407 e. The van der Waals surface area contributed by atoms with Crippen molar-refractivity contribution in [2.45, 2.75) is 19.1 Å². The summed E-state index contributed by atoms with van der Waals surface area (Å²) in [6.45, 7) is 0.347. The Balaban J connectivity index is 2.37. The highest BCUT2D eigenvalue weighted by Crippen LogP contribution is 2.04. The van der Waals surface area contributed by atoms with E-state index in [9.17, 15) is 19.5 Å². The summed E-state index contributed by atoms with van der Waals surface area (Å²) in [5, 5.41) is 13.7. The summed E-state index contributed by atoms with van der Waals surface area (Å²) in [7, 11) is 1.14. The molecule has 8 nitrogen and oxygen atoms in total. The van der Waals surface area contributed by atoms with E-state index in [0.29, 0.717) is 0 Å². The number of benzene rings is 1. The van der Waals surface area contributed by atoms with Crippen LogP contribution in [0.15, 0.2) is 30.3 Å².